The van der Waals surface area contributed by atoms with E-state index >= 15 is 0 Å². The molecule has 2 rings (SSSR count). The van der Waals surface area contributed by atoms with Gasteiger partial charge in [-0.15, -0.1) is 0 Å². The molecular weight excluding hydrogens is 223 g/mol. The third-order valence-electron chi connectivity index (χ3n) is 2.19. The molecule has 0 unspecified atom stereocenters. The molecule has 0 amide bonds. The molecule has 1 aromatic heterocycles. The van der Waals surface area contributed by atoms with Crippen molar-refractivity contribution in [3.05, 3.63) is 40.3 Å². The number of halogens is 3. The van der Waals surface area contributed by atoms with E-state index in [2.05, 4.69) is 0 Å². The fourth-order valence-corrected chi connectivity index (χ4v) is 1.48. The number of phenolic OH excluding ortho intramolecular Hbond substituents is 1. The summed E-state index contributed by atoms with van der Waals surface area (Å²) in [6.07, 6.45) is -3.97. The van der Waals surface area contributed by atoms with E-state index in [1.807, 2.05) is 4.98 Å². The highest BCUT2D eigenvalue weighted by atomic mass is 19.4. The van der Waals surface area contributed by atoms with Gasteiger partial charge < -0.3 is 10.1 Å². The van der Waals surface area contributed by atoms with Crippen LogP contribution in [0.1, 0.15) is 5.56 Å². The van der Waals surface area contributed by atoms with Crippen molar-refractivity contribution in [2.75, 3.05) is 0 Å². The first-order valence-electron chi connectivity index (χ1n) is 4.31. The number of benzene rings is 1. The van der Waals surface area contributed by atoms with Crippen molar-refractivity contribution in [3.63, 3.8) is 0 Å². The van der Waals surface area contributed by atoms with E-state index in [0.717, 1.165) is 18.2 Å². The maximum absolute atomic E-state index is 12.6. The molecule has 0 saturated heterocycles. The zero-order valence-electron chi connectivity index (χ0n) is 7.80. The molecule has 0 spiro atoms. The van der Waals surface area contributed by atoms with Crippen LogP contribution in [0.15, 0.2) is 29.2 Å². The van der Waals surface area contributed by atoms with E-state index < -0.39 is 17.3 Å². The van der Waals surface area contributed by atoms with Crippen molar-refractivity contribution in [2.24, 2.45) is 0 Å². The number of aromatic nitrogens is 1. The largest absolute Gasteiger partial charge is 0.508 e. The van der Waals surface area contributed by atoms with Gasteiger partial charge in [-0.05, 0) is 18.2 Å². The normalized spacial score (nSPS) is 11.9. The van der Waals surface area contributed by atoms with E-state index in [9.17, 15) is 18.0 Å². The number of nitrogens with one attached hydrogen (secondary N) is 1. The molecule has 0 aliphatic heterocycles. The zero-order chi connectivity index (χ0) is 11.9. The standard InChI is InChI=1S/C10H6F3NO2/c11-10(12,13)8-4-14-9(16)6-2-1-5(15)3-7(6)8/h1-4,15H,(H,14,16). The van der Waals surface area contributed by atoms with Crippen LogP contribution in [-0.2, 0) is 6.18 Å². The van der Waals surface area contributed by atoms with Crippen molar-refractivity contribution in [1.29, 1.82) is 0 Å². The van der Waals surface area contributed by atoms with Crippen molar-refractivity contribution in [1.82, 2.24) is 4.98 Å². The maximum Gasteiger partial charge on any atom is 0.418 e. The molecule has 0 aliphatic rings. The molecular formula is C10H6F3NO2. The maximum atomic E-state index is 12.6. The third kappa shape index (κ3) is 1.62. The molecule has 3 nitrogen and oxygen atoms in total. The highest BCUT2D eigenvalue weighted by Crippen LogP contribution is 2.34. The van der Waals surface area contributed by atoms with E-state index in [1.54, 1.807) is 0 Å². The van der Waals surface area contributed by atoms with E-state index in [4.69, 9.17) is 5.11 Å². The number of aromatic amines is 1. The number of H-pyrrole nitrogens is 1. The summed E-state index contributed by atoms with van der Waals surface area (Å²) >= 11 is 0. The zero-order valence-corrected chi connectivity index (χ0v) is 7.80. The van der Waals surface area contributed by atoms with Gasteiger partial charge in [-0.25, -0.2) is 0 Å². The summed E-state index contributed by atoms with van der Waals surface area (Å²) in [5.41, 5.74) is -1.60. The highest BCUT2D eigenvalue weighted by Gasteiger charge is 2.33. The Bertz CT molecular complexity index is 601. The second kappa shape index (κ2) is 3.26. The number of rotatable bonds is 0. The Labute approximate surface area is 87.2 Å². The molecule has 0 aliphatic carbocycles. The summed E-state index contributed by atoms with van der Waals surface area (Å²) in [5.74, 6) is -0.316. The van der Waals surface area contributed by atoms with E-state index in [-0.39, 0.29) is 16.5 Å². The van der Waals surface area contributed by atoms with Crippen molar-refractivity contribution < 1.29 is 18.3 Å². The summed E-state index contributed by atoms with van der Waals surface area (Å²) in [6, 6.07) is 3.24. The number of aromatic hydroxyl groups is 1. The minimum Gasteiger partial charge on any atom is -0.508 e. The van der Waals surface area contributed by atoms with Crippen LogP contribution in [0.4, 0.5) is 13.2 Å². The Hall–Kier alpha value is -1.98. The van der Waals surface area contributed by atoms with Crippen molar-refractivity contribution >= 4 is 10.8 Å². The number of phenols is 1. The molecule has 0 radical (unpaired) electrons. The smallest absolute Gasteiger partial charge is 0.418 e. The third-order valence-corrected chi connectivity index (χ3v) is 2.19. The summed E-state index contributed by atoms with van der Waals surface area (Å²) in [5, 5.41) is 8.72. The molecule has 2 N–H and O–H groups in total. The van der Waals surface area contributed by atoms with Crippen LogP contribution in [0.3, 0.4) is 0 Å². The molecule has 2 aromatic rings. The van der Waals surface area contributed by atoms with Gasteiger partial charge in [-0.3, -0.25) is 4.79 Å². The molecule has 1 heterocycles. The average molecular weight is 229 g/mol. The van der Waals surface area contributed by atoms with E-state index in [0.29, 0.717) is 6.20 Å². The van der Waals surface area contributed by atoms with Crippen LogP contribution in [0.2, 0.25) is 0 Å². The first-order chi connectivity index (χ1) is 7.39. The molecule has 0 fully saturated rings. The summed E-state index contributed by atoms with van der Waals surface area (Å²) in [7, 11) is 0. The van der Waals surface area contributed by atoms with Crippen LogP contribution < -0.4 is 5.56 Å². The van der Waals surface area contributed by atoms with Crippen LogP contribution in [0, 0.1) is 0 Å². The van der Waals surface area contributed by atoms with Crippen LogP contribution in [0.5, 0.6) is 5.75 Å². The van der Waals surface area contributed by atoms with Crippen LogP contribution in [-0.4, -0.2) is 10.1 Å². The highest BCUT2D eigenvalue weighted by molar-refractivity contribution is 5.86. The van der Waals surface area contributed by atoms with Gasteiger partial charge in [0.1, 0.15) is 5.75 Å². The molecule has 1 aromatic carbocycles. The van der Waals surface area contributed by atoms with E-state index in [1.165, 1.54) is 0 Å². The molecule has 0 bridgehead atoms. The minimum absolute atomic E-state index is 0.104. The van der Waals surface area contributed by atoms with Gasteiger partial charge in [0.25, 0.3) is 5.56 Å². The lowest BCUT2D eigenvalue weighted by molar-refractivity contribution is -0.136. The van der Waals surface area contributed by atoms with Gasteiger partial charge in [-0.2, -0.15) is 13.2 Å². The predicted octanol–water partition coefficient (Wildman–Crippen LogP) is 2.25. The summed E-state index contributed by atoms with van der Waals surface area (Å²) in [6.45, 7) is 0. The molecule has 0 atom stereocenters. The molecule has 6 heteroatoms. The van der Waals surface area contributed by atoms with Gasteiger partial charge >= 0.3 is 6.18 Å². The van der Waals surface area contributed by atoms with Crippen LogP contribution in [0.25, 0.3) is 10.8 Å². The van der Waals surface area contributed by atoms with Crippen LogP contribution >= 0.6 is 0 Å². The fraction of sp³-hybridized carbons (Fsp3) is 0.100. The Morgan fingerprint density at radius 2 is 1.88 bits per heavy atom. The SMILES string of the molecule is O=c1[nH]cc(C(F)(F)F)c2cc(O)ccc12. The van der Waals surface area contributed by atoms with Crippen molar-refractivity contribution in [2.45, 2.75) is 6.18 Å². The Balaban J connectivity index is 2.92. The topological polar surface area (TPSA) is 53.1 Å². The van der Waals surface area contributed by atoms with Gasteiger partial charge in [0.05, 0.1) is 5.56 Å². The second-order valence-electron chi connectivity index (χ2n) is 3.26. The Morgan fingerprint density at radius 3 is 2.50 bits per heavy atom. The quantitative estimate of drug-likeness (QED) is 0.727. The lowest BCUT2D eigenvalue weighted by Crippen LogP contribution is -2.13. The number of hydrogen-bond acceptors (Lipinski definition) is 2. The number of hydrogen-bond donors (Lipinski definition) is 2. The van der Waals surface area contributed by atoms with Gasteiger partial charge in [0.2, 0.25) is 0 Å². The predicted molar refractivity (Wildman–Crippen MR) is 51.2 cm³/mol. The first kappa shape index (κ1) is 10.5. The number of fused-ring (bicyclic) bond motifs is 1. The number of pyridine rings is 1. The fourth-order valence-electron chi connectivity index (χ4n) is 1.48. The minimum atomic E-state index is -4.57. The summed E-state index contributed by atoms with van der Waals surface area (Å²) in [4.78, 5) is 13.3. The summed E-state index contributed by atoms with van der Waals surface area (Å²) < 4.78 is 37.7. The first-order valence-corrected chi connectivity index (χ1v) is 4.31. The number of alkyl halides is 3. The molecule has 0 saturated carbocycles. The molecule has 16 heavy (non-hydrogen) atoms. The molecule has 84 valence electrons. The van der Waals surface area contributed by atoms with Gasteiger partial charge in [-0.1, -0.05) is 0 Å². The lowest BCUT2D eigenvalue weighted by Gasteiger charge is -2.09. The van der Waals surface area contributed by atoms with Crippen molar-refractivity contribution in [3.8, 4) is 5.75 Å². The second-order valence-corrected chi connectivity index (χ2v) is 3.26. The van der Waals surface area contributed by atoms with Gasteiger partial charge in [0, 0.05) is 17.0 Å². The van der Waals surface area contributed by atoms with Gasteiger partial charge in [0.15, 0.2) is 0 Å². The average Bonchev–Trinajstić information content (AvgIpc) is 2.15. The monoisotopic (exact) mass is 229 g/mol. The Morgan fingerprint density at radius 1 is 1.19 bits per heavy atom. The lowest BCUT2D eigenvalue weighted by atomic mass is 10.1. The Kier molecular flexibility index (Phi) is 2.15.